The Morgan fingerprint density at radius 2 is 1.83 bits per heavy atom. The van der Waals surface area contributed by atoms with Crippen molar-refractivity contribution in [2.75, 3.05) is 19.6 Å². The molecule has 0 saturated carbocycles. The van der Waals surface area contributed by atoms with E-state index in [0.717, 1.165) is 9.87 Å². The fourth-order valence-electron chi connectivity index (χ4n) is 3.32. The second kappa shape index (κ2) is 5.24. The van der Waals surface area contributed by atoms with Crippen LogP contribution < -0.4 is 5.32 Å². The number of nitrogens with zero attached hydrogens (tertiary/aromatic N) is 1. The van der Waals surface area contributed by atoms with Crippen LogP contribution in [0.1, 0.15) is 18.4 Å². The first kappa shape index (κ1) is 16.3. The minimum absolute atomic E-state index is 0.0330. The number of rotatable bonds is 2. The van der Waals surface area contributed by atoms with E-state index in [1.54, 1.807) is 12.1 Å². The average Bonchev–Trinajstić information content (AvgIpc) is 2.78. The van der Waals surface area contributed by atoms with Gasteiger partial charge in [0.1, 0.15) is 0 Å². The zero-order valence-corrected chi connectivity index (χ0v) is 13.5. The maximum absolute atomic E-state index is 14.1. The molecule has 2 aliphatic rings. The summed E-state index contributed by atoms with van der Waals surface area (Å²) in [6, 6.07) is 6.04. The van der Waals surface area contributed by atoms with Crippen LogP contribution in [-0.4, -0.2) is 44.2 Å². The lowest BCUT2D eigenvalue weighted by Gasteiger charge is -2.41. The lowest BCUT2D eigenvalue weighted by atomic mass is 9.78. The summed E-state index contributed by atoms with van der Waals surface area (Å²) in [6.45, 7) is 1.01. The Kier molecular flexibility index (Phi) is 3.72. The minimum Gasteiger partial charge on any atom is -0.356 e. The van der Waals surface area contributed by atoms with E-state index < -0.39 is 40.2 Å². The first-order valence-corrected chi connectivity index (χ1v) is 8.82. The van der Waals surface area contributed by atoms with Gasteiger partial charge in [-0.25, -0.2) is 17.2 Å². The van der Waals surface area contributed by atoms with Gasteiger partial charge >= 0.3 is 0 Å². The minimum atomic E-state index is -4.06. The molecule has 1 aromatic rings. The molecule has 3 rings (SSSR count). The van der Waals surface area contributed by atoms with E-state index in [4.69, 9.17) is 0 Å². The Balaban J connectivity index is 1.98. The molecule has 1 aromatic carbocycles. The molecule has 126 valence electrons. The zero-order valence-electron chi connectivity index (χ0n) is 12.7. The lowest BCUT2D eigenvalue weighted by molar-refractivity contribution is -0.142. The first-order chi connectivity index (χ1) is 10.6. The highest BCUT2D eigenvalue weighted by Gasteiger charge is 2.57. The number of piperidine rings is 1. The Labute approximate surface area is 133 Å². The monoisotopic (exact) mass is 344 g/mol. The topological polar surface area (TPSA) is 66.5 Å². The summed E-state index contributed by atoms with van der Waals surface area (Å²) < 4.78 is 54.4. The van der Waals surface area contributed by atoms with E-state index in [2.05, 4.69) is 5.32 Å². The summed E-state index contributed by atoms with van der Waals surface area (Å²) in [5.41, 5.74) is -0.459. The smallest absolute Gasteiger partial charge is 0.262 e. The van der Waals surface area contributed by atoms with Gasteiger partial charge in [-0.05, 0) is 25.5 Å². The van der Waals surface area contributed by atoms with Crippen molar-refractivity contribution in [1.82, 2.24) is 9.62 Å². The predicted octanol–water partition coefficient (Wildman–Crippen LogP) is 1.53. The molecule has 0 unspecified atom stereocenters. The average molecular weight is 344 g/mol. The SMILES string of the molecule is Cc1ccc(S(=O)(=O)N2CC(F)(F)C[C@@]3(CCNC3=O)C2)cc1. The number of benzene rings is 1. The highest BCUT2D eigenvalue weighted by Crippen LogP contribution is 2.44. The van der Waals surface area contributed by atoms with Gasteiger partial charge < -0.3 is 5.32 Å². The molecule has 1 atom stereocenters. The molecule has 2 saturated heterocycles. The highest BCUT2D eigenvalue weighted by atomic mass is 32.2. The molecule has 0 bridgehead atoms. The molecule has 0 aliphatic carbocycles. The number of hydrogen-bond donors (Lipinski definition) is 1. The van der Waals surface area contributed by atoms with E-state index in [1.807, 2.05) is 6.92 Å². The highest BCUT2D eigenvalue weighted by molar-refractivity contribution is 7.89. The molecule has 1 amide bonds. The molecule has 0 radical (unpaired) electrons. The standard InChI is InChI=1S/C15H18F2N2O3S/c1-11-2-4-12(5-3-11)23(21,22)19-9-14(6-7-18-13(14)20)8-15(16,17)10-19/h2-5H,6-10H2,1H3,(H,18,20)/t14-/m0/s1. The van der Waals surface area contributed by atoms with Gasteiger partial charge in [0.2, 0.25) is 15.9 Å². The van der Waals surface area contributed by atoms with Crippen LogP contribution in [0.4, 0.5) is 8.78 Å². The quantitative estimate of drug-likeness (QED) is 0.885. The predicted molar refractivity (Wildman–Crippen MR) is 79.6 cm³/mol. The van der Waals surface area contributed by atoms with Gasteiger partial charge in [0.15, 0.2) is 0 Å². The number of nitrogens with one attached hydrogen (secondary N) is 1. The molecule has 23 heavy (non-hydrogen) atoms. The van der Waals surface area contributed by atoms with Crippen molar-refractivity contribution in [1.29, 1.82) is 0 Å². The van der Waals surface area contributed by atoms with Gasteiger partial charge in [-0.1, -0.05) is 17.7 Å². The normalized spacial score (nSPS) is 28.0. The van der Waals surface area contributed by atoms with Gasteiger partial charge in [-0.2, -0.15) is 4.31 Å². The van der Waals surface area contributed by atoms with Crippen molar-refractivity contribution in [2.45, 2.75) is 30.6 Å². The van der Waals surface area contributed by atoms with Gasteiger partial charge in [0.05, 0.1) is 16.9 Å². The second-order valence-corrected chi connectivity index (χ2v) is 8.34. The van der Waals surface area contributed by atoms with Crippen LogP contribution in [0.3, 0.4) is 0 Å². The lowest BCUT2D eigenvalue weighted by Crippen LogP contribution is -2.56. The summed E-state index contributed by atoms with van der Waals surface area (Å²) in [5, 5.41) is 2.54. The molecule has 2 heterocycles. The van der Waals surface area contributed by atoms with Crippen LogP contribution in [0.15, 0.2) is 29.2 Å². The fraction of sp³-hybridized carbons (Fsp3) is 0.533. The summed E-state index contributed by atoms with van der Waals surface area (Å²) in [5.74, 6) is -3.71. The van der Waals surface area contributed by atoms with E-state index in [9.17, 15) is 22.0 Å². The van der Waals surface area contributed by atoms with Crippen molar-refractivity contribution in [3.8, 4) is 0 Å². The summed E-state index contributed by atoms with van der Waals surface area (Å²) in [7, 11) is -4.06. The number of aryl methyl sites for hydroxylation is 1. The molecule has 1 N–H and O–H groups in total. The van der Waals surface area contributed by atoms with Crippen LogP contribution in [0, 0.1) is 12.3 Å². The van der Waals surface area contributed by atoms with E-state index in [0.29, 0.717) is 6.54 Å². The van der Waals surface area contributed by atoms with E-state index in [-0.39, 0.29) is 17.9 Å². The second-order valence-electron chi connectivity index (χ2n) is 6.41. The van der Waals surface area contributed by atoms with Crippen LogP contribution in [0.25, 0.3) is 0 Å². The maximum atomic E-state index is 14.1. The first-order valence-electron chi connectivity index (χ1n) is 7.38. The third-order valence-electron chi connectivity index (χ3n) is 4.51. The molecule has 5 nitrogen and oxygen atoms in total. The summed E-state index contributed by atoms with van der Waals surface area (Å²) >= 11 is 0. The molecule has 0 aromatic heterocycles. The molecular weight excluding hydrogens is 326 g/mol. The summed E-state index contributed by atoms with van der Waals surface area (Å²) in [4.78, 5) is 12.0. The maximum Gasteiger partial charge on any atom is 0.262 e. The van der Waals surface area contributed by atoms with Crippen molar-refractivity contribution in [3.05, 3.63) is 29.8 Å². The zero-order chi connectivity index (χ0) is 16.9. The number of carbonyl (C=O) groups excluding carboxylic acids is 1. The van der Waals surface area contributed by atoms with Crippen LogP contribution in [-0.2, 0) is 14.8 Å². The molecule has 2 aliphatic heterocycles. The molecule has 8 heteroatoms. The van der Waals surface area contributed by atoms with Gasteiger partial charge in [-0.15, -0.1) is 0 Å². The van der Waals surface area contributed by atoms with Gasteiger partial charge in [0, 0.05) is 19.5 Å². The van der Waals surface area contributed by atoms with Crippen molar-refractivity contribution < 1.29 is 22.0 Å². The van der Waals surface area contributed by atoms with Crippen LogP contribution in [0.2, 0.25) is 0 Å². The van der Waals surface area contributed by atoms with E-state index >= 15 is 0 Å². The van der Waals surface area contributed by atoms with Crippen molar-refractivity contribution in [2.24, 2.45) is 5.41 Å². The molecule has 2 fully saturated rings. The van der Waals surface area contributed by atoms with Crippen LogP contribution >= 0.6 is 0 Å². The Hall–Kier alpha value is -1.54. The van der Waals surface area contributed by atoms with Crippen molar-refractivity contribution >= 4 is 15.9 Å². The summed E-state index contributed by atoms with van der Waals surface area (Å²) in [6.07, 6.45) is -0.382. The molecule has 1 spiro atoms. The van der Waals surface area contributed by atoms with E-state index in [1.165, 1.54) is 12.1 Å². The number of sulfonamides is 1. The Morgan fingerprint density at radius 3 is 2.39 bits per heavy atom. The fourth-order valence-corrected chi connectivity index (χ4v) is 4.88. The van der Waals surface area contributed by atoms with Gasteiger partial charge in [0.25, 0.3) is 5.92 Å². The van der Waals surface area contributed by atoms with Gasteiger partial charge in [-0.3, -0.25) is 4.79 Å². The third-order valence-corrected chi connectivity index (χ3v) is 6.32. The van der Waals surface area contributed by atoms with Crippen LogP contribution in [0.5, 0.6) is 0 Å². The number of hydrogen-bond acceptors (Lipinski definition) is 3. The number of alkyl halides is 2. The number of amides is 1. The third kappa shape index (κ3) is 2.85. The Bertz CT molecular complexity index is 734. The Morgan fingerprint density at radius 1 is 1.17 bits per heavy atom. The largest absolute Gasteiger partial charge is 0.356 e. The number of halogens is 2. The molecular formula is C15H18F2N2O3S. The number of carbonyl (C=O) groups is 1. The van der Waals surface area contributed by atoms with Crippen molar-refractivity contribution in [3.63, 3.8) is 0 Å².